The van der Waals surface area contributed by atoms with Crippen LogP contribution in [-0.4, -0.2) is 22.2 Å². The minimum atomic E-state index is -4.64. The molecular weight excluding hydrogens is 395 g/mol. The van der Waals surface area contributed by atoms with Gasteiger partial charge >= 0.3 is 6.18 Å². The van der Waals surface area contributed by atoms with E-state index in [1.54, 1.807) is 32.9 Å². The topological polar surface area (TPSA) is 56.5 Å². The summed E-state index contributed by atoms with van der Waals surface area (Å²) in [6.45, 7) is 9.09. The van der Waals surface area contributed by atoms with Crippen molar-refractivity contribution in [3.8, 4) is 0 Å². The lowest BCUT2D eigenvalue weighted by Gasteiger charge is -2.19. The van der Waals surface area contributed by atoms with E-state index in [2.05, 4.69) is 10.1 Å². The van der Waals surface area contributed by atoms with E-state index in [1.807, 2.05) is 13.8 Å². The third kappa shape index (κ3) is 4.73. The molecule has 152 valence electrons. The van der Waals surface area contributed by atoms with Crippen molar-refractivity contribution < 1.29 is 22.7 Å². The number of carbonyl (C=O) groups excluding carboxylic acids is 1. The molecule has 28 heavy (non-hydrogen) atoms. The van der Waals surface area contributed by atoms with Gasteiger partial charge in [-0.25, -0.2) is 4.99 Å². The number of nitrogens with zero attached hydrogens (tertiary/aromatic N) is 3. The Bertz CT molecular complexity index is 881. The van der Waals surface area contributed by atoms with Gasteiger partial charge < -0.3 is 4.74 Å². The monoisotopic (exact) mass is 415 g/mol. The zero-order valence-corrected chi connectivity index (χ0v) is 16.9. The van der Waals surface area contributed by atoms with Crippen LogP contribution < -0.4 is 0 Å². The molecule has 0 radical (unpaired) electrons. The maximum Gasteiger partial charge on any atom is 0.435 e. The fourth-order valence-corrected chi connectivity index (χ4v) is 2.98. The van der Waals surface area contributed by atoms with E-state index in [9.17, 15) is 18.0 Å². The number of halogens is 4. The maximum absolute atomic E-state index is 13.3. The van der Waals surface area contributed by atoms with Crippen molar-refractivity contribution in [2.75, 3.05) is 0 Å². The van der Waals surface area contributed by atoms with Crippen molar-refractivity contribution in [3.63, 3.8) is 0 Å². The molecule has 2 aromatic rings. The summed E-state index contributed by atoms with van der Waals surface area (Å²) in [5.74, 6) is -0.282. The number of ether oxygens (including phenoxy) is 1. The van der Waals surface area contributed by atoms with Crippen molar-refractivity contribution in [2.24, 2.45) is 10.9 Å². The lowest BCUT2D eigenvalue weighted by molar-refractivity contribution is -0.141. The number of carbonyl (C=O) groups is 1. The summed E-state index contributed by atoms with van der Waals surface area (Å²) in [6, 6.07) is 3.78. The molecule has 5 nitrogen and oxygen atoms in total. The summed E-state index contributed by atoms with van der Waals surface area (Å²) in [5, 5.41) is 4.20. The van der Waals surface area contributed by atoms with Gasteiger partial charge in [0.1, 0.15) is 5.69 Å². The summed E-state index contributed by atoms with van der Waals surface area (Å²) in [7, 11) is 0. The molecule has 0 fully saturated rings. The molecule has 1 heterocycles. The van der Waals surface area contributed by atoms with Crippen LogP contribution in [0.3, 0.4) is 0 Å². The predicted molar refractivity (Wildman–Crippen MR) is 101 cm³/mol. The maximum atomic E-state index is 13.3. The molecule has 2 rings (SSSR count). The largest absolute Gasteiger partial charge is 0.435 e. The standard InChI is InChI=1S/C19H21ClF3N3O2/c1-10(2)13(5)26-15(8-16(25-26)19(21,22)23)18(28-9-27)24-17-11(3)6-14(20)7-12(17)4/h6-10,13H,1-5H3. The van der Waals surface area contributed by atoms with Gasteiger partial charge in [-0.05, 0) is 49.9 Å². The summed E-state index contributed by atoms with van der Waals surface area (Å²) >= 11 is 6.02. The molecule has 0 aliphatic rings. The molecular formula is C19H21ClF3N3O2. The second-order valence-electron chi connectivity index (χ2n) is 6.86. The van der Waals surface area contributed by atoms with Crippen LogP contribution in [0.15, 0.2) is 23.2 Å². The zero-order chi connectivity index (χ0) is 21.2. The number of aryl methyl sites for hydroxylation is 2. The Balaban J connectivity index is 2.72. The van der Waals surface area contributed by atoms with E-state index in [4.69, 9.17) is 16.3 Å². The number of alkyl halides is 3. The van der Waals surface area contributed by atoms with Crippen LogP contribution in [0.5, 0.6) is 0 Å². The van der Waals surface area contributed by atoms with Crippen molar-refractivity contribution in [1.82, 2.24) is 9.78 Å². The third-order valence-electron chi connectivity index (χ3n) is 4.42. The van der Waals surface area contributed by atoms with Gasteiger partial charge in [-0.1, -0.05) is 25.4 Å². The number of hydrogen-bond acceptors (Lipinski definition) is 4. The molecule has 9 heteroatoms. The highest BCUT2D eigenvalue weighted by Gasteiger charge is 2.36. The summed E-state index contributed by atoms with van der Waals surface area (Å²) in [6.07, 6.45) is -4.64. The predicted octanol–water partition coefficient (Wildman–Crippen LogP) is 5.64. The van der Waals surface area contributed by atoms with Gasteiger partial charge in [0, 0.05) is 11.1 Å². The van der Waals surface area contributed by atoms with Gasteiger partial charge in [-0.3, -0.25) is 9.48 Å². The van der Waals surface area contributed by atoms with E-state index >= 15 is 0 Å². The number of hydrogen-bond donors (Lipinski definition) is 0. The number of rotatable bonds is 5. The molecule has 0 saturated heterocycles. The Hall–Kier alpha value is -2.35. The van der Waals surface area contributed by atoms with Gasteiger partial charge in [0.05, 0.1) is 11.7 Å². The van der Waals surface area contributed by atoms with E-state index in [0.29, 0.717) is 21.8 Å². The molecule has 1 unspecified atom stereocenters. The first-order chi connectivity index (χ1) is 13.0. The fourth-order valence-electron chi connectivity index (χ4n) is 2.66. The number of benzene rings is 1. The smallest absolute Gasteiger partial charge is 0.407 e. The van der Waals surface area contributed by atoms with Crippen molar-refractivity contribution in [3.05, 3.63) is 45.7 Å². The molecule has 0 amide bonds. The third-order valence-corrected chi connectivity index (χ3v) is 4.64. The molecule has 0 spiro atoms. The van der Waals surface area contributed by atoms with Gasteiger partial charge in [-0.15, -0.1) is 0 Å². The highest BCUT2D eigenvalue weighted by molar-refractivity contribution is 6.30. The highest BCUT2D eigenvalue weighted by atomic mass is 35.5. The lowest BCUT2D eigenvalue weighted by Crippen LogP contribution is -2.20. The Kier molecular flexibility index (Phi) is 6.54. The van der Waals surface area contributed by atoms with Crippen LogP contribution in [0, 0.1) is 19.8 Å². The zero-order valence-electron chi connectivity index (χ0n) is 16.1. The van der Waals surface area contributed by atoms with Crippen LogP contribution in [0.2, 0.25) is 5.02 Å². The average molecular weight is 416 g/mol. The quantitative estimate of drug-likeness (QED) is 0.360. The molecule has 1 atom stereocenters. The molecule has 1 aromatic heterocycles. The Morgan fingerprint density at radius 3 is 2.25 bits per heavy atom. The Morgan fingerprint density at radius 2 is 1.79 bits per heavy atom. The van der Waals surface area contributed by atoms with Gasteiger partial charge in [0.2, 0.25) is 5.90 Å². The summed E-state index contributed by atoms with van der Waals surface area (Å²) < 4.78 is 45.9. The number of aliphatic imine (C=N–C) groups is 1. The van der Waals surface area contributed by atoms with E-state index in [-0.39, 0.29) is 30.0 Å². The normalized spacial score (nSPS) is 13.7. The molecule has 1 aromatic carbocycles. The summed E-state index contributed by atoms with van der Waals surface area (Å²) in [4.78, 5) is 15.4. The lowest BCUT2D eigenvalue weighted by atomic mass is 10.1. The fraction of sp³-hybridized carbons (Fsp3) is 0.421. The van der Waals surface area contributed by atoms with Crippen molar-refractivity contribution in [2.45, 2.75) is 46.8 Å². The van der Waals surface area contributed by atoms with Crippen LogP contribution in [0.25, 0.3) is 0 Å². The van der Waals surface area contributed by atoms with Gasteiger partial charge in [-0.2, -0.15) is 18.3 Å². The van der Waals surface area contributed by atoms with Gasteiger partial charge in [0.25, 0.3) is 6.47 Å². The van der Waals surface area contributed by atoms with Crippen LogP contribution in [0.4, 0.5) is 18.9 Å². The van der Waals surface area contributed by atoms with Crippen molar-refractivity contribution >= 4 is 29.7 Å². The molecule has 0 aliphatic carbocycles. The SMILES string of the molecule is Cc1cc(Cl)cc(C)c1N=C(OC=O)c1cc(C(F)(F)F)nn1C(C)C(C)C. The van der Waals surface area contributed by atoms with Crippen LogP contribution in [-0.2, 0) is 15.7 Å². The van der Waals surface area contributed by atoms with E-state index < -0.39 is 11.9 Å². The minimum Gasteiger partial charge on any atom is -0.407 e. The second kappa shape index (κ2) is 8.34. The van der Waals surface area contributed by atoms with Crippen LogP contribution in [0.1, 0.15) is 49.3 Å². The first-order valence-corrected chi connectivity index (χ1v) is 8.96. The van der Waals surface area contributed by atoms with E-state index in [1.165, 1.54) is 4.68 Å². The van der Waals surface area contributed by atoms with Gasteiger partial charge in [0.15, 0.2) is 5.69 Å². The molecule has 0 N–H and O–H groups in total. The Labute approximate surface area is 166 Å². The minimum absolute atomic E-state index is 0.0174. The van der Waals surface area contributed by atoms with Crippen molar-refractivity contribution in [1.29, 1.82) is 0 Å². The highest BCUT2D eigenvalue weighted by Crippen LogP contribution is 2.32. The first-order valence-electron chi connectivity index (χ1n) is 8.58. The Morgan fingerprint density at radius 1 is 1.21 bits per heavy atom. The average Bonchev–Trinajstić information content (AvgIpc) is 3.01. The summed E-state index contributed by atoms with van der Waals surface area (Å²) in [5.41, 5.74) is 0.725. The second-order valence-corrected chi connectivity index (χ2v) is 7.30. The number of aromatic nitrogens is 2. The molecule has 0 aliphatic heterocycles. The first kappa shape index (κ1) is 21.9. The molecule has 0 saturated carbocycles. The van der Waals surface area contributed by atoms with Crippen LogP contribution >= 0.6 is 11.6 Å². The van der Waals surface area contributed by atoms with E-state index in [0.717, 1.165) is 6.07 Å². The molecule has 0 bridgehead atoms.